The minimum Gasteiger partial charge on any atom is -0.477 e. The van der Waals surface area contributed by atoms with E-state index in [1.165, 1.54) is 0 Å². The predicted molar refractivity (Wildman–Crippen MR) is 156 cm³/mol. The first-order valence-electron chi connectivity index (χ1n) is 14.3. The molecule has 0 spiro atoms. The van der Waals surface area contributed by atoms with E-state index < -0.39 is 5.97 Å². The van der Waals surface area contributed by atoms with Crippen LogP contribution in [-0.2, 0) is 4.79 Å². The fraction of sp³-hybridized carbons (Fsp3) is 0.548. The van der Waals surface area contributed by atoms with E-state index in [-0.39, 0.29) is 34.3 Å². The van der Waals surface area contributed by atoms with Gasteiger partial charge in [-0.05, 0) is 96.3 Å². The Morgan fingerprint density at radius 2 is 1.80 bits per heavy atom. The topological polar surface area (TPSA) is 97.0 Å². The van der Waals surface area contributed by atoms with Gasteiger partial charge in [-0.3, -0.25) is 9.20 Å². The summed E-state index contributed by atoms with van der Waals surface area (Å²) in [7, 11) is 0. The summed E-state index contributed by atoms with van der Waals surface area (Å²) in [6.45, 7) is 8.31. The van der Waals surface area contributed by atoms with Crippen LogP contribution in [0.3, 0.4) is 0 Å². The molecule has 0 bridgehead atoms. The van der Waals surface area contributed by atoms with Gasteiger partial charge in [-0.15, -0.1) is 16.4 Å². The van der Waals surface area contributed by atoms with Gasteiger partial charge in [0.15, 0.2) is 5.65 Å². The Hall–Kier alpha value is -3.38. The van der Waals surface area contributed by atoms with Gasteiger partial charge in [0.1, 0.15) is 11.0 Å². The third-order valence-electron chi connectivity index (χ3n) is 7.89. The van der Waals surface area contributed by atoms with E-state index in [1.807, 2.05) is 60.5 Å². The second-order valence-corrected chi connectivity index (χ2v) is 13.3. The standard InChI is InChI=1S/C31H38N4O4S/c1-20-8-10-21(11-9-20)28(36)35(25-19-24(16-17-31(2,3)4)40-27(25)29(37)38)22-12-14-23(15-13-22)39-30-33-32-26-7-5-6-18-34(26)30/h5-7,18-23H,8-15H2,1-4H3,(H,37,38). The van der Waals surface area contributed by atoms with Gasteiger partial charge in [0.05, 0.1) is 10.6 Å². The Morgan fingerprint density at radius 3 is 2.48 bits per heavy atom. The molecule has 0 saturated heterocycles. The van der Waals surface area contributed by atoms with Crippen molar-refractivity contribution in [1.29, 1.82) is 0 Å². The zero-order chi connectivity index (χ0) is 28.4. The fourth-order valence-corrected chi connectivity index (χ4v) is 6.54. The molecule has 0 atom stereocenters. The highest BCUT2D eigenvalue weighted by Crippen LogP contribution is 2.39. The molecule has 212 valence electrons. The number of hydrogen-bond acceptors (Lipinski definition) is 6. The maximum absolute atomic E-state index is 14.1. The quantitative estimate of drug-likeness (QED) is 0.348. The molecule has 0 aromatic carbocycles. The smallest absolute Gasteiger partial charge is 0.348 e. The number of carboxylic acid groups (broad SMARTS) is 1. The highest BCUT2D eigenvalue weighted by Gasteiger charge is 2.38. The molecule has 3 heterocycles. The molecule has 8 nitrogen and oxygen atoms in total. The van der Waals surface area contributed by atoms with Crippen molar-refractivity contribution in [2.24, 2.45) is 17.3 Å². The van der Waals surface area contributed by atoms with Crippen LogP contribution in [0.15, 0.2) is 30.5 Å². The van der Waals surface area contributed by atoms with E-state index in [0.29, 0.717) is 35.3 Å². The Kier molecular flexibility index (Phi) is 8.18. The second kappa shape index (κ2) is 11.6. The first kappa shape index (κ1) is 28.2. The van der Waals surface area contributed by atoms with Crippen LogP contribution in [0.25, 0.3) is 5.65 Å². The molecule has 2 fully saturated rings. The van der Waals surface area contributed by atoms with Crippen LogP contribution in [0.5, 0.6) is 6.01 Å². The minimum atomic E-state index is -1.02. The molecule has 1 N–H and O–H groups in total. The molecule has 40 heavy (non-hydrogen) atoms. The number of rotatable bonds is 6. The van der Waals surface area contributed by atoms with Gasteiger partial charge in [0.2, 0.25) is 5.91 Å². The Balaban J connectivity index is 1.40. The van der Waals surface area contributed by atoms with Crippen LogP contribution in [0.2, 0.25) is 0 Å². The fourth-order valence-electron chi connectivity index (χ4n) is 5.69. The van der Waals surface area contributed by atoms with Gasteiger partial charge >= 0.3 is 12.0 Å². The number of amides is 1. The molecule has 3 aromatic heterocycles. The van der Waals surface area contributed by atoms with Crippen molar-refractivity contribution in [3.63, 3.8) is 0 Å². The molecule has 5 rings (SSSR count). The molecule has 0 radical (unpaired) electrons. The first-order chi connectivity index (χ1) is 19.1. The minimum absolute atomic E-state index is 0.0500. The van der Waals surface area contributed by atoms with Crippen LogP contribution >= 0.6 is 11.3 Å². The molecule has 0 unspecified atom stereocenters. The lowest BCUT2D eigenvalue weighted by Gasteiger charge is -2.39. The average Bonchev–Trinajstić information content (AvgIpc) is 3.53. The summed E-state index contributed by atoms with van der Waals surface area (Å²) in [5, 5.41) is 18.5. The Bertz CT molecular complexity index is 1430. The molecule has 1 amide bonds. The van der Waals surface area contributed by atoms with Crippen molar-refractivity contribution in [3.8, 4) is 17.9 Å². The van der Waals surface area contributed by atoms with Crippen LogP contribution in [-0.4, -0.2) is 43.7 Å². The summed E-state index contributed by atoms with van der Waals surface area (Å²) < 4.78 is 8.07. The molecule has 9 heteroatoms. The number of carboxylic acids is 1. The monoisotopic (exact) mass is 562 g/mol. The highest BCUT2D eigenvalue weighted by atomic mass is 32.1. The lowest BCUT2D eigenvalue weighted by molar-refractivity contribution is -0.124. The normalized spacial score (nSPS) is 23.3. The SMILES string of the molecule is CC1CCC(C(=O)N(c2cc(C#CC(C)(C)C)sc2C(=O)O)C2CCC(Oc3nnc4ccccn34)CC2)CC1. The number of nitrogens with zero attached hydrogens (tertiary/aromatic N) is 4. The lowest BCUT2D eigenvalue weighted by Crippen LogP contribution is -2.47. The van der Waals surface area contributed by atoms with E-state index in [9.17, 15) is 14.7 Å². The van der Waals surface area contributed by atoms with Crippen molar-refractivity contribution in [3.05, 3.63) is 40.2 Å². The van der Waals surface area contributed by atoms with Gasteiger partial charge in [0.25, 0.3) is 0 Å². The summed E-state index contributed by atoms with van der Waals surface area (Å²) in [6.07, 6.45) is 8.47. The van der Waals surface area contributed by atoms with Crippen molar-refractivity contribution < 1.29 is 19.4 Å². The van der Waals surface area contributed by atoms with Crippen LogP contribution in [0.1, 0.15) is 93.6 Å². The maximum atomic E-state index is 14.1. The van der Waals surface area contributed by atoms with Gasteiger partial charge in [-0.25, -0.2) is 4.79 Å². The van der Waals surface area contributed by atoms with Crippen molar-refractivity contribution in [1.82, 2.24) is 14.6 Å². The van der Waals surface area contributed by atoms with E-state index in [2.05, 4.69) is 29.0 Å². The number of thiophene rings is 1. The third kappa shape index (κ3) is 6.33. The number of aromatic nitrogens is 3. The predicted octanol–water partition coefficient (Wildman–Crippen LogP) is 6.44. The maximum Gasteiger partial charge on any atom is 0.348 e. The number of fused-ring (bicyclic) bond motifs is 1. The van der Waals surface area contributed by atoms with E-state index in [1.54, 1.807) is 0 Å². The van der Waals surface area contributed by atoms with E-state index in [0.717, 1.165) is 55.5 Å². The molecule has 3 aromatic rings. The average molecular weight is 563 g/mol. The summed E-state index contributed by atoms with van der Waals surface area (Å²) in [5.41, 5.74) is 1.01. The summed E-state index contributed by atoms with van der Waals surface area (Å²) >= 11 is 1.16. The molecule has 0 aliphatic heterocycles. The van der Waals surface area contributed by atoms with E-state index in [4.69, 9.17) is 4.74 Å². The molecule has 2 saturated carbocycles. The summed E-state index contributed by atoms with van der Waals surface area (Å²) in [5.74, 6) is 5.93. The van der Waals surface area contributed by atoms with Crippen molar-refractivity contribution in [2.45, 2.75) is 91.2 Å². The first-order valence-corrected chi connectivity index (χ1v) is 15.1. The van der Waals surface area contributed by atoms with E-state index >= 15 is 0 Å². The molecular formula is C31H38N4O4S. The molecular weight excluding hydrogens is 524 g/mol. The Morgan fingerprint density at radius 1 is 1.07 bits per heavy atom. The largest absolute Gasteiger partial charge is 0.477 e. The van der Waals surface area contributed by atoms with Crippen LogP contribution < -0.4 is 9.64 Å². The van der Waals surface area contributed by atoms with Gasteiger partial charge in [-0.2, -0.15) is 0 Å². The second-order valence-electron chi connectivity index (χ2n) is 12.3. The van der Waals surface area contributed by atoms with Gasteiger partial charge < -0.3 is 14.7 Å². The molecule has 2 aliphatic carbocycles. The number of anilines is 1. The van der Waals surface area contributed by atoms with Crippen LogP contribution in [0.4, 0.5) is 5.69 Å². The van der Waals surface area contributed by atoms with Crippen molar-refractivity contribution >= 4 is 34.5 Å². The number of ether oxygens (including phenoxy) is 1. The molecule has 2 aliphatic rings. The van der Waals surface area contributed by atoms with Crippen LogP contribution in [0, 0.1) is 29.1 Å². The third-order valence-corrected chi connectivity index (χ3v) is 8.92. The highest BCUT2D eigenvalue weighted by molar-refractivity contribution is 7.15. The number of carbonyl (C=O) groups excluding carboxylic acids is 1. The summed E-state index contributed by atoms with van der Waals surface area (Å²) in [4.78, 5) is 29.2. The number of carbonyl (C=O) groups is 2. The Labute approximate surface area is 239 Å². The number of pyridine rings is 1. The number of aromatic carboxylic acids is 1. The zero-order valence-corrected chi connectivity index (χ0v) is 24.5. The number of hydrogen-bond donors (Lipinski definition) is 1. The lowest BCUT2D eigenvalue weighted by atomic mass is 9.81. The van der Waals surface area contributed by atoms with Crippen molar-refractivity contribution in [2.75, 3.05) is 4.90 Å². The van der Waals surface area contributed by atoms with Gasteiger partial charge in [0, 0.05) is 23.6 Å². The summed E-state index contributed by atoms with van der Waals surface area (Å²) in [6, 6.07) is 7.90. The van der Waals surface area contributed by atoms with Gasteiger partial charge in [-0.1, -0.05) is 29.9 Å². The zero-order valence-electron chi connectivity index (χ0n) is 23.7.